The first-order valence-corrected chi connectivity index (χ1v) is 5.52. The molecule has 0 aromatic rings. The van der Waals surface area contributed by atoms with Crippen LogP contribution in [-0.2, 0) is 9.53 Å². The molecule has 0 aliphatic carbocycles. The first-order chi connectivity index (χ1) is 8.31. The summed E-state index contributed by atoms with van der Waals surface area (Å²) in [5.74, 6) is -2.21. The number of carboxylic acids is 1. The normalized spacial score (nSPS) is 40.2. The van der Waals surface area contributed by atoms with Crippen molar-refractivity contribution in [1.29, 1.82) is 0 Å². The van der Waals surface area contributed by atoms with E-state index in [-0.39, 0.29) is 0 Å². The Kier molecular flexibility index (Phi) is 5.02. The zero-order chi connectivity index (χ0) is 14.0. The second-order valence-corrected chi connectivity index (χ2v) is 4.44. The van der Waals surface area contributed by atoms with E-state index in [1.807, 2.05) is 0 Å². The summed E-state index contributed by atoms with van der Waals surface area (Å²) >= 11 is 0. The zero-order valence-electron chi connectivity index (χ0n) is 9.75. The number of carbonyl (C=O) groups is 1. The molecule has 18 heavy (non-hydrogen) atoms. The molecule has 8 nitrogen and oxygen atoms in total. The summed E-state index contributed by atoms with van der Waals surface area (Å²) in [6.45, 7) is 0.606. The molecule has 0 radical (unpaired) electrons. The molecule has 0 amide bonds. The average Bonchev–Trinajstić information content (AvgIpc) is 2.34. The first-order valence-electron chi connectivity index (χ1n) is 5.52. The van der Waals surface area contributed by atoms with Crippen molar-refractivity contribution >= 4 is 5.97 Å². The number of aliphatic hydroxyl groups is 5. The minimum Gasteiger partial charge on any atom is -0.479 e. The third-order valence-corrected chi connectivity index (χ3v) is 3.17. The molecule has 1 heterocycles. The van der Waals surface area contributed by atoms with E-state index in [0.717, 1.165) is 0 Å². The second-order valence-electron chi connectivity index (χ2n) is 4.44. The van der Waals surface area contributed by atoms with Crippen LogP contribution < -0.4 is 0 Å². The molecule has 1 aliphatic heterocycles. The van der Waals surface area contributed by atoms with Crippen molar-refractivity contribution in [1.82, 2.24) is 0 Å². The van der Waals surface area contributed by atoms with Gasteiger partial charge in [-0.25, -0.2) is 4.79 Å². The van der Waals surface area contributed by atoms with Gasteiger partial charge in [0.05, 0.1) is 12.7 Å². The maximum Gasteiger partial charge on any atom is 0.333 e. The topological polar surface area (TPSA) is 148 Å². The van der Waals surface area contributed by atoms with E-state index in [1.165, 1.54) is 6.92 Å². The fourth-order valence-corrected chi connectivity index (χ4v) is 1.95. The van der Waals surface area contributed by atoms with Crippen molar-refractivity contribution in [3.8, 4) is 0 Å². The van der Waals surface area contributed by atoms with Gasteiger partial charge >= 0.3 is 5.97 Å². The van der Waals surface area contributed by atoms with Gasteiger partial charge in [-0.15, -0.1) is 0 Å². The third kappa shape index (κ3) is 2.79. The van der Waals surface area contributed by atoms with Crippen molar-refractivity contribution in [3.63, 3.8) is 0 Å². The lowest BCUT2D eigenvalue weighted by Gasteiger charge is -2.42. The Morgan fingerprint density at radius 2 is 1.83 bits per heavy atom. The van der Waals surface area contributed by atoms with E-state index in [1.54, 1.807) is 0 Å². The van der Waals surface area contributed by atoms with Crippen molar-refractivity contribution < 1.29 is 40.2 Å². The van der Waals surface area contributed by atoms with E-state index < -0.39 is 55.1 Å². The number of ether oxygens (including phenoxy) is 1. The second kappa shape index (κ2) is 5.91. The molecule has 0 aromatic carbocycles. The lowest BCUT2D eigenvalue weighted by Crippen LogP contribution is -2.61. The van der Waals surface area contributed by atoms with Crippen LogP contribution in [0.5, 0.6) is 0 Å². The number of hydrogen-bond acceptors (Lipinski definition) is 7. The summed E-state index contributed by atoms with van der Waals surface area (Å²) in [5.41, 5.74) is 0. The molecule has 0 aromatic heterocycles. The summed E-state index contributed by atoms with van der Waals surface area (Å²) in [4.78, 5) is 10.9. The van der Waals surface area contributed by atoms with E-state index in [9.17, 15) is 25.2 Å². The highest BCUT2D eigenvalue weighted by molar-refractivity contribution is 5.73. The lowest BCUT2D eigenvalue weighted by molar-refractivity contribution is -0.238. The van der Waals surface area contributed by atoms with Gasteiger partial charge < -0.3 is 35.4 Å². The predicted octanol–water partition coefficient (Wildman–Crippen LogP) is -3.09. The summed E-state index contributed by atoms with van der Waals surface area (Å²) in [5, 5.41) is 55.8. The number of rotatable bonds is 4. The Bertz CT molecular complexity index is 292. The number of carboxylic acid groups (broad SMARTS) is 1. The number of aliphatic hydroxyl groups excluding tert-OH is 5. The van der Waals surface area contributed by atoms with Crippen LogP contribution in [0.15, 0.2) is 0 Å². The molecule has 1 rings (SSSR count). The van der Waals surface area contributed by atoms with Gasteiger partial charge in [0, 0.05) is 5.92 Å². The fraction of sp³-hybridized carbons (Fsp3) is 0.900. The molecule has 0 saturated carbocycles. The van der Waals surface area contributed by atoms with Gasteiger partial charge in [-0.05, 0) is 0 Å². The van der Waals surface area contributed by atoms with Crippen LogP contribution in [0.2, 0.25) is 0 Å². The van der Waals surface area contributed by atoms with E-state index in [2.05, 4.69) is 0 Å². The average molecular weight is 266 g/mol. The largest absolute Gasteiger partial charge is 0.479 e. The molecule has 0 spiro atoms. The summed E-state index contributed by atoms with van der Waals surface area (Å²) in [7, 11) is 0. The van der Waals surface area contributed by atoms with E-state index in [0.29, 0.717) is 0 Å². The van der Waals surface area contributed by atoms with Crippen LogP contribution in [-0.4, -0.2) is 79.8 Å². The molecule has 1 saturated heterocycles. The Hall–Kier alpha value is -0.770. The highest BCUT2D eigenvalue weighted by Gasteiger charge is 2.48. The first kappa shape index (κ1) is 15.3. The molecular weight excluding hydrogens is 248 g/mol. The van der Waals surface area contributed by atoms with Gasteiger partial charge in [0.15, 0.2) is 6.10 Å². The summed E-state index contributed by atoms with van der Waals surface area (Å²) in [6, 6.07) is 0. The SMILES string of the molecule is CC1C(C(=O)O)OC(C(O)C(O)CO)C(O)C1O. The molecule has 7 atom stereocenters. The maximum absolute atomic E-state index is 10.9. The van der Waals surface area contributed by atoms with E-state index >= 15 is 0 Å². The number of aliphatic carboxylic acids is 1. The zero-order valence-corrected chi connectivity index (χ0v) is 9.75. The van der Waals surface area contributed by atoms with Gasteiger partial charge in [0.25, 0.3) is 0 Å². The Morgan fingerprint density at radius 3 is 2.28 bits per heavy atom. The summed E-state index contributed by atoms with van der Waals surface area (Å²) < 4.78 is 5.00. The summed E-state index contributed by atoms with van der Waals surface area (Å²) in [6.07, 6.45) is -9.15. The minimum atomic E-state index is -1.70. The Balaban J connectivity index is 2.88. The smallest absolute Gasteiger partial charge is 0.333 e. The van der Waals surface area contributed by atoms with Gasteiger partial charge in [0.1, 0.15) is 24.4 Å². The van der Waals surface area contributed by atoms with Gasteiger partial charge in [-0.1, -0.05) is 6.92 Å². The molecule has 7 unspecified atom stereocenters. The van der Waals surface area contributed by atoms with Crippen molar-refractivity contribution in [3.05, 3.63) is 0 Å². The van der Waals surface area contributed by atoms with Gasteiger partial charge in [0.2, 0.25) is 0 Å². The molecular formula is C10H18O8. The Labute approximate surface area is 103 Å². The minimum absolute atomic E-state index is 0.781. The highest BCUT2D eigenvalue weighted by atomic mass is 16.6. The number of hydrogen-bond donors (Lipinski definition) is 6. The van der Waals surface area contributed by atoms with Crippen LogP contribution in [0.4, 0.5) is 0 Å². The quantitative estimate of drug-likeness (QED) is 0.314. The fourth-order valence-electron chi connectivity index (χ4n) is 1.95. The highest BCUT2D eigenvalue weighted by Crippen LogP contribution is 2.28. The van der Waals surface area contributed by atoms with Crippen molar-refractivity contribution in [2.75, 3.05) is 6.61 Å². The van der Waals surface area contributed by atoms with Crippen LogP contribution in [0.3, 0.4) is 0 Å². The van der Waals surface area contributed by atoms with Crippen molar-refractivity contribution in [2.45, 2.75) is 43.5 Å². The molecule has 8 heteroatoms. The lowest BCUT2D eigenvalue weighted by atomic mass is 9.85. The molecule has 1 aliphatic rings. The van der Waals surface area contributed by atoms with E-state index in [4.69, 9.17) is 14.9 Å². The van der Waals surface area contributed by atoms with Crippen LogP contribution in [0, 0.1) is 5.92 Å². The maximum atomic E-state index is 10.9. The molecule has 0 bridgehead atoms. The standard InChI is InChI=1S/C10H18O8/c1-3-5(13)7(15)9(6(14)4(12)2-11)18-8(3)10(16)17/h3-9,11-15H,2H2,1H3,(H,16,17). The monoisotopic (exact) mass is 266 g/mol. The molecule has 6 N–H and O–H groups in total. The molecule has 1 fully saturated rings. The third-order valence-electron chi connectivity index (χ3n) is 3.17. The molecule has 106 valence electrons. The van der Waals surface area contributed by atoms with Gasteiger partial charge in [-0.3, -0.25) is 0 Å². The van der Waals surface area contributed by atoms with Crippen LogP contribution in [0.25, 0.3) is 0 Å². The van der Waals surface area contributed by atoms with Crippen LogP contribution >= 0.6 is 0 Å². The van der Waals surface area contributed by atoms with Crippen LogP contribution in [0.1, 0.15) is 6.92 Å². The predicted molar refractivity (Wildman–Crippen MR) is 56.6 cm³/mol. The van der Waals surface area contributed by atoms with Crippen molar-refractivity contribution in [2.24, 2.45) is 5.92 Å². The Morgan fingerprint density at radius 1 is 1.28 bits per heavy atom. The van der Waals surface area contributed by atoms with Gasteiger partial charge in [-0.2, -0.15) is 0 Å².